The van der Waals surface area contributed by atoms with Crippen molar-refractivity contribution < 1.29 is 14.1 Å². The van der Waals surface area contributed by atoms with E-state index in [4.69, 9.17) is 4.42 Å². The third-order valence-electron chi connectivity index (χ3n) is 2.86. The number of hydrogen-bond acceptors (Lipinski definition) is 5. The highest BCUT2D eigenvalue weighted by atomic mass is 16.6. The van der Waals surface area contributed by atoms with Gasteiger partial charge in [-0.25, -0.2) is 0 Å². The summed E-state index contributed by atoms with van der Waals surface area (Å²) < 4.78 is 4.84. The molecular weight excluding hydrogens is 274 g/mol. The van der Waals surface area contributed by atoms with Crippen LogP contribution in [0.4, 0.5) is 11.6 Å². The molecule has 0 radical (unpaired) electrons. The number of benzene rings is 1. The number of hydrogen-bond donors (Lipinski definition) is 1. The van der Waals surface area contributed by atoms with Crippen LogP contribution in [0.5, 0.6) is 0 Å². The second-order valence-corrected chi connectivity index (χ2v) is 4.26. The van der Waals surface area contributed by atoms with Gasteiger partial charge in [0.2, 0.25) is 0 Å². The lowest BCUT2D eigenvalue weighted by Crippen LogP contribution is -2.10. The first-order chi connectivity index (χ1) is 10.1. The standard InChI is InChI=1S/C14H9N3O4/c18-14(12-5-6-13(21-12)17(19)20)16-10-3-4-11-9(8-10)2-1-7-15-11/h1-8H,(H,16,18). The van der Waals surface area contributed by atoms with Crippen LogP contribution in [0.25, 0.3) is 10.9 Å². The molecule has 7 nitrogen and oxygen atoms in total. The van der Waals surface area contributed by atoms with Gasteiger partial charge in [-0.3, -0.25) is 19.9 Å². The van der Waals surface area contributed by atoms with Crippen molar-refractivity contribution in [2.24, 2.45) is 0 Å². The maximum atomic E-state index is 11.9. The van der Waals surface area contributed by atoms with Crippen LogP contribution in [0, 0.1) is 10.1 Å². The lowest BCUT2D eigenvalue weighted by atomic mass is 10.2. The van der Waals surface area contributed by atoms with Crippen molar-refractivity contribution >= 4 is 28.4 Å². The molecule has 1 aromatic carbocycles. The van der Waals surface area contributed by atoms with Gasteiger partial charge in [0.1, 0.15) is 4.92 Å². The monoisotopic (exact) mass is 283 g/mol. The summed E-state index contributed by atoms with van der Waals surface area (Å²) in [4.78, 5) is 25.9. The van der Waals surface area contributed by atoms with Gasteiger partial charge in [0.05, 0.1) is 11.6 Å². The van der Waals surface area contributed by atoms with E-state index in [-0.39, 0.29) is 5.76 Å². The number of fused-ring (bicyclic) bond motifs is 1. The summed E-state index contributed by atoms with van der Waals surface area (Å²) in [6.07, 6.45) is 1.68. The Morgan fingerprint density at radius 3 is 2.86 bits per heavy atom. The van der Waals surface area contributed by atoms with Crippen LogP contribution in [0.15, 0.2) is 53.1 Å². The van der Waals surface area contributed by atoms with Crippen LogP contribution >= 0.6 is 0 Å². The lowest BCUT2D eigenvalue weighted by molar-refractivity contribution is -0.402. The number of carbonyl (C=O) groups excluding carboxylic acids is 1. The van der Waals surface area contributed by atoms with Gasteiger partial charge in [0, 0.05) is 17.3 Å². The van der Waals surface area contributed by atoms with Crippen molar-refractivity contribution in [2.75, 3.05) is 5.32 Å². The number of furan rings is 1. The first-order valence-corrected chi connectivity index (χ1v) is 6.04. The van der Waals surface area contributed by atoms with Crippen LogP contribution in [0.3, 0.4) is 0 Å². The maximum Gasteiger partial charge on any atom is 0.433 e. The van der Waals surface area contributed by atoms with Gasteiger partial charge in [-0.2, -0.15) is 0 Å². The number of pyridine rings is 1. The fourth-order valence-corrected chi connectivity index (χ4v) is 1.89. The highest BCUT2D eigenvalue weighted by Crippen LogP contribution is 2.20. The van der Waals surface area contributed by atoms with E-state index in [9.17, 15) is 14.9 Å². The SMILES string of the molecule is O=C(Nc1ccc2ncccc2c1)c1ccc([N+](=O)[O-])o1. The van der Waals surface area contributed by atoms with Gasteiger partial charge in [-0.05, 0) is 30.3 Å². The van der Waals surface area contributed by atoms with E-state index < -0.39 is 16.7 Å². The van der Waals surface area contributed by atoms with Gasteiger partial charge in [-0.15, -0.1) is 0 Å². The molecule has 7 heteroatoms. The van der Waals surface area contributed by atoms with Gasteiger partial charge in [0.15, 0.2) is 5.76 Å². The molecular formula is C14H9N3O4. The summed E-state index contributed by atoms with van der Waals surface area (Å²) in [6, 6.07) is 11.3. The Morgan fingerprint density at radius 2 is 2.10 bits per heavy atom. The van der Waals surface area contributed by atoms with E-state index >= 15 is 0 Å². The summed E-state index contributed by atoms with van der Waals surface area (Å²) in [6.45, 7) is 0. The maximum absolute atomic E-state index is 11.9. The largest absolute Gasteiger partial charge is 0.433 e. The molecule has 0 spiro atoms. The number of carbonyl (C=O) groups is 1. The molecule has 2 aromatic heterocycles. The molecule has 0 unspecified atom stereocenters. The second kappa shape index (κ2) is 5.04. The summed E-state index contributed by atoms with van der Waals surface area (Å²) >= 11 is 0. The summed E-state index contributed by atoms with van der Waals surface area (Å²) in [5, 5.41) is 14.0. The Balaban J connectivity index is 1.83. The average molecular weight is 283 g/mol. The van der Waals surface area contributed by atoms with Crippen molar-refractivity contribution in [3.8, 4) is 0 Å². The predicted molar refractivity (Wildman–Crippen MR) is 75.1 cm³/mol. The third kappa shape index (κ3) is 2.57. The van der Waals surface area contributed by atoms with Crippen molar-refractivity contribution in [2.45, 2.75) is 0 Å². The van der Waals surface area contributed by atoms with E-state index in [1.807, 2.05) is 6.07 Å². The fraction of sp³-hybridized carbons (Fsp3) is 0. The number of anilines is 1. The minimum atomic E-state index is -0.696. The van der Waals surface area contributed by atoms with Gasteiger partial charge in [-0.1, -0.05) is 6.07 Å². The summed E-state index contributed by atoms with van der Waals surface area (Å²) in [7, 11) is 0. The summed E-state index contributed by atoms with van der Waals surface area (Å²) in [5.41, 5.74) is 1.36. The van der Waals surface area contributed by atoms with E-state index in [1.165, 1.54) is 6.07 Å². The van der Waals surface area contributed by atoms with E-state index in [0.717, 1.165) is 17.0 Å². The van der Waals surface area contributed by atoms with E-state index in [1.54, 1.807) is 30.5 Å². The number of nitrogens with one attached hydrogen (secondary N) is 1. The normalized spacial score (nSPS) is 10.5. The number of rotatable bonds is 3. The summed E-state index contributed by atoms with van der Waals surface area (Å²) in [5.74, 6) is -1.14. The molecule has 0 fully saturated rings. The highest BCUT2D eigenvalue weighted by Gasteiger charge is 2.17. The molecule has 0 saturated heterocycles. The topological polar surface area (TPSA) is 98.3 Å². The molecule has 1 amide bonds. The first kappa shape index (κ1) is 12.8. The number of aromatic nitrogens is 1. The van der Waals surface area contributed by atoms with E-state index in [2.05, 4.69) is 10.3 Å². The molecule has 2 heterocycles. The molecule has 0 bridgehead atoms. The average Bonchev–Trinajstić information content (AvgIpc) is 2.97. The van der Waals surface area contributed by atoms with Crippen LogP contribution in [-0.2, 0) is 0 Å². The van der Waals surface area contributed by atoms with Crippen molar-refractivity contribution in [1.82, 2.24) is 4.98 Å². The predicted octanol–water partition coefficient (Wildman–Crippen LogP) is 2.99. The molecule has 21 heavy (non-hydrogen) atoms. The molecule has 0 aliphatic rings. The molecule has 0 aliphatic carbocycles. The fourth-order valence-electron chi connectivity index (χ4n) is 1.89. The smallest absolute Gasteiger partial charge is 0.395 e. The minimum Gasteiger partial charge on any atom is -0.395 e. The Kier molecular flexibility index (Phi) is 3.07. The first-order valence-electron chi connectivity index (χ1n) is 6.04. The van der Waals surface area contributed by atoms with Crippen LogP contribution in [-0.4, -0.2) is 15.8 Å². The van der Waals surface area contributed by atoms with Gasteiger partial charge in [0.25, 0.3) is 5.91 Å². The Bertz CT molecular complexity index is 841. The van der Waals surface area contributed by atoms with Crippen LogP contribution < -0.4 is 5.32 Å². The minimum absolute atomic E-state index is 0.118. The zero-order chi connectivity index (χ0) is 14.8. The second-order valence-electron chi connectivity index (χ2n) is 4.26. The third-order valence-corrected chi connectivity index (χ3v) is 2.86. The Morgan fingerprint density at radius 1 is 1.24 bits per heavy atom. The van der Waals surface area contributed by atoms with Gasteiger partial charge >= 0.3 is 5.88 Å². The lowest BCUT2D eigenvalue weighted by Gasteiger charge is -2.04. The van der Waals surface area contributed by atoms with E-state index in [0.29, 0.717) is 5.69 Å². The zero-order valence-corrected chi connectivity index (χ0v) is 10.6. The van der Waals surface area contributed by atoms with Gasteiger partial charge < -0.3 is 9.73 Å². The Labute approximate surface area is 118 Å². The zero-order valence-electron chi connectivity index (χ0n) is 10.6. The van der Waals surface area contributed by atoms with Crippen molar-refractivity contribution in [3.05, 3.63) is 64.5 Å². The molecule has 0 saturated carbocycles. The number of nitro groups is 1. The molecule has 1 N–H and O–H groups in total. The molecule has 3 aromatic rings. The quantitative estimate of drug-likeness (QED) is 0.588. The molecule has 3 rings (SSSR count). The number of nitrogens with zero attached hydrogens (tertiary/aromatic N) is 2. The molecule has 0 atom stereocenters. The number of amides is 1. The van der Waals surface area contributed by atoms with Crippen molar-refractivity contribution in [3.63, 3.8) is 0 Å². The molecule has 0 aliphatic heterocycles. The Hall–Kier alpha value is -3.22. The van der Waals surface area contributed by atoms with Crippen LogP contribution in [0.1, 0.15) is 10.6 Å². The van der Waals surface area contributed by atoms with Crippen molar-refractivity contribution in [1.29, 1.82) is 0 Å². The highest BCUT2D eigenvalue weighted by molar-refractivity contribution is 6.03. The van der Waals surface area contributed by atoms with Crippen LogP contribution in [0.2, 0.25) is 0 Å². The molecule has 104 valence electrons.